The van der Waals surface area contributed by atoms with Crippen molar-refractivity contribution in [3.05, 3.63) is 33.3 Å². The van der Waals surface area contributed by atoms with Crippen molar-refractivity contribution in [3.63, 3.8) is 0 Å². The van der Waals surface area contributed by atoms with E-state index in [1.165, 1.54) is 19.3 Å². The van der Waals surface area contributed by atoms with Gasteiger partial charge in [0.15, 0.2) is 0 Å². The molecule has 0 aliphatic heterocycles. The highest BCUT2D eigenvalue weighted by Crippen LogP contribution is 2.21. The summed E-state index contributed by atoms with van der Waals surface area (Å²) in [7, 11) is 0. The number of benzene rings is 1. The minimum absolute atomic E-state index is 0.563. The summed E-state index contributed by atoms with van der Waals surface area (Å²) in [6.07, 6.45) is 3.73. The molecule has 1 rings (SSSR count). The van der Waals surface area contributed by atoms with Crippen LogP contribution in [-0.4, -0.2) is 5.88 Å². The molecule has 0 aliphatic carbocycles. The number of hydrogen-bond acceptors (Lipinski definition) is 0. The molecule has 0 aliphatic rings. The van der Waals surface area contributed by atoms with Gasteiger partial charge in [-0.1, -0.05) is 54.6 Å². The third-order valence-electron chi connectivity index (χ3n) is 1.56. The van der Waals surface area contributed by atoms with Gasteiger partial charge in [-0.05, 0) is 24.6 Å². The Morgan fingerprint density at radius 2 is 1.27 bits per heavy atom. The number of rotatable bonds is 3. The molecule has 0 amide bonds. The molecule has 0 saturated heterocycles. The van der Waals surface area contributed by atoms with Gasteiger partial charge in [-0.15, -0.1) is 11.6 Å². The van der Waals surface area contributed by atoms with Crippen LogP contribution in [0.15, 0.2) is 18.2 Å². The second-order valence-electron chi connectivity index (χ2n) is 2.98. The number of hydrogen-bond donors (Lipinski definition) is 0. The zero-order valence-electron chi connectivity index (χ0n) is 8.57. The van der Waals surface area contributed by atoms with Crippen molar-refractivity contribution in [2.24, 2.45) is 0 Å². The first-order chi connectivity index (χ1) is 7.10. The van der Waals surface area contributed by atoms with Gasteiger partial charge in [0.05, 0.1) is 0 Å². The van der Waals surface area contributed by atoms with E-state index in [9.17, 15) is 0 Å². The second-order valence-corrected chi connectivity index (χ2v) is 4.67. The molecule has 0 nitrogen and oxygen atoms in total. The van der Waals surface area contributed by atoms with Crippen LogP contribution in [0.4, 0.5) is 0 Å². The molecule has 0 bridgehead atoms. The lowest BCUT2D eigenvalue weighted by molar-refractivity contribution is 0.776. The first-order valence-electron chi connectivity index (χ1n) is 4.77. The standard InChI is InChI=1S/C6H3Cl3.C5H11Cl/c7-4-1-5(8)3-6(9)2-4;1-2-3-4-5-6/h1-3H;2-5H2,1H3. The van der Waals surface area contributed by atoms with Crippen molar-refractivity contribution in [1.82, 2.24) is 0 Å². The van der Waals surface area contributed by atoms with Crippen LogP contribution in [0.2, 0.25) is 15.1 Å². The van der Waals surface area contributed by atoms with Crippen LogP contribution in [0.25, 0.3) is 0 Å². The van der Waals surface area contributed by atoms with Crippen molar-refractivity contribution in [1.29, 1.82) is 0 Å². The molecule has 15 heavy (non-hydrogen) atoms. The van der Waals surface area contributed by atoms with E-state index in [4.69, 9.17) is 46.4 Å². The first kappa shape index (κ1) is 15.4. The molecule has 86 valence electrons. The molecular weight excluding hydrogens is 274 g/mol. The third kappa shape index (κ3) is 9.32. The molecule has 0 fully saturated rings. The normalized spacial score (nSPS) is 9.40. The SMILES string of the molecule is CCCCCCl.Clc1cc(Cl)cc(Cl)c1. The van der Waals surface area contributed by atoms with E-state index < -0.39 is 0 Å². The summed E-state index contributed by atoms with van der Waals surface area (Å²) in [4.78, 5) is 0. The summed E-state index contributed by atoms with van der Waals surface area (Å²) < 4.78 is 0. The van der Waals surface area contributed by atoms with Crippen LogP contribution in [-0.2, 0) is 0 Å². The topological polar surface area (TPSA) is 0 Å². The number of halogens is 4. The molecule has 0 saturated carbocycles. The third-order valence-corrected chi connectivity index (χ3v) is 2.49. The first-order valence-corrected chi connectivity index (χ1v) is 6.44. The molecule has 0 radical (unpaired) electrons. The minimum atomic E-state index is 0.563. The van der Waals surface area contributed by atoms with E-state index in [0.717, 1.165) is 5.88 Å². The zero-order chi connectivity index (χ0) is 11.7. The quantitative estimate of drug-likeness (QED) is 0.468. The Kier molecular flexibility index (Phi) is 9.84. The average molecular weight is 288 g/mol. The Bertz CT molecular complexity index is 219. The van der Waals surface area contributed by atoms with Gasteiger partial charge in [0.1, 0.15) is 0 Å². The smallest absolute Gasteiger partial charge is 0.0435 e. The van der Waals surface area contributed by atoms with Crippen LogP contribution in [0.5, 0.6) is 0 Å². The fraction of sp³-hybridized carbons (Fsp3) is 0.455. The van der Waals surface area contributed by atoms with Gasteiger partial charge in [0.2, 0.25) is 0 Å². The maximum atomic E-state index is 5.58. The van der Waals surface area contributed by atoms with Crippen LogP contribution in [0.1, 0.15) is 26.2 Å². The van der Waals surface area contributed by atoms with Gasteiger partial charge in [-0.3, -0.25) is 0 Å². The zero-order valence-corrected chi connectivity index (χ0v) is 11.6. The fourth-order valence-electron chi connectivity index (χ4n) is 0.865. The lowest BCUT2D eigenvalue weighted by Gasteiger charge is -1.91. The molecule has 0 aromatic heterocycles. The van der Waals surface area contributed by atoms with Crippen molar-refractivity contribution >= 4 is 46.4 Å². The molecule has 4 heteroatoms. The van der Waals surface area contributed by atoms with E-state index in [1.54, 1.807) is 18.2 Å². The largest absolute Gasteiger partial charge is 0.127 e. The highest BCUT2D eigenvalue weighted by molar-refractivity contribution is 6.38. The minimum Gasteiger partial charge on any atom is -0.127 e. The molecule has 0 N–H and O–H groups in total. The van der Waals surface area contributed by atoms with E-state index in [-0.39, 0.29) is 0 Å². The summed E-state index contributed by atoms with van der Waals surface area (Å²) in [6.45, 7) is 2.17. The van der Waals surface area contributed by atoms with Gasteiger partial charge < -0.3 is 0 Å². The fourth-order valence-corrected chi connectivity index (χ4v) is 1.93. The van der Waals surface area contributed by atoms with Crippen molar-refractivity contribution in [2.75, 3.05) is 5.88 Å². The maximum absolute atomic E-state index is 5.58. The predicted molar refractivity (Wildman–Crippen MR) is 71.7 cm³/mol. The summed E-state index contributed by atoms with van der Waals surface area (Å²) in [5.41, 5.74) is 0. The van der Waals surface area contributed by atoms with Crippen molar-refractivity contribution in [3.8, 4) is 0 Å². The van der Waals surface area contributed by atoms with Crippen LogP contribution in [0.3, 0.4) is 0 Å². The molecule has 1 aromatic rings. The monoisotopic (exact) mass is 286 g/mol. The Balaban J connectivity index is 0.000000288. The van der Waals surface area contributed by atoms with E-state index in [1.807, 2.05) is 0 Å². The van der Waals surface area contributed by atoms with Crippen molar-refractivity contribution < 1.29 is 0 Å². The lowest BCUT2D eigenvalue weighted by atomic mass is 10.3. The summed E-state index contributed by atoms with van der Waals surface area (Å²) in [5.74, 6) is 0.827. The van der Waals surface area contributed by atoms with Gasteiger partial charge in [-0.2, -0.15) is 0 Å². The Morgan fingerprint density at radius 3 is 1.47 bits per heavy atom. The van der Waals surface area contributed by atoms with E-state index in [2.05, 4.69) is 6.92 Å². The summed E-state index contributed by atoms with van der Waals surface area (Å²) in [5, 5.41) is 1.69. The molecule has 0 heterocycles. The van der Waals surface area contributed by atoms with Crippen LogP contribution >= 0.6 is 46.4 Å². The van der Waals surface area contributed by atoms with Gasteiger partial charge in [0.25, 0.3) is 0 Å². The van der Waals surface area contributed by atoms with Crippen molar-refractivity contribution in [2.45, 2.75) is 26.2 Å². The molecule has 1 aromatic carbocycles. The van der Waals surface area contributed by atoms with Gasteiger partial charge in [0, 0.05) is 20.9 Å². The van der Waals surface area contributed by atoms with E-state index in [0.29, 0.717) is 15.1 Å². The summed E-state index contributed by atoms with van der Waals surface area (Å²) >= 11 is 22.1. The maximum Gasteiger partial charge on any atom is 0.0435 e. The highest BCUT2D eigenvalue weighted by atomic mass is 35.5. The highest BCUT2D eigenvalue weighted by Gasteiger charge is 1.92. The average Bonchev–Trinajstić information content (AvgIpc) is 2.13. The summed E-state index contributed by atoms with van der Waals surface area (Å²) in [6, 6.07) is 4.90. The van der Waals surface area contributed by atoms with Crippen LogP contribution < -0.4 is 0 Å². The molecule has 0 atom stereocenters. The molecule has 0 spiro atoms. The number of alkyl halides is 1. The second kappa shape index (κ2) is 9.59. The Morgan fingerprint density at radius 1 is 0.867 bits per heavy atom. The van der Waals surface area contributed by atoms with Gasteiger partial charge in [-0.25, -0.2) is 0 Å². The van der Waals surface area contributed by atoms with Gasteiger partial charge >= 0.3 is 0 Å². The predicted octanol–water partition coefficient (Wildman–Crippen LogP) is 6.06. The lowest BCUT2D eigenvalue weighted by Crippen LogP contribution is -1.70. The molecule has 0 unspecified atom stereocenters. The Labute approximate surface area is 111 Å². The van der Waals surface area contributed by atoms with E-state index >= 15 is 0 Å². The Hall–Kier alpha value is 0.380. The number of unbranched alkanes of at least 4 members (excludes halogenated alkanes) is 2. The van der Waals surface area contributed by atoms with Crippen LogP contribution in [0, 0.1) is 0 Å². The molecular formula is C11H14Cl4.